The Balaban J connectivity index is 1.71. The molecule has 136 valence electrons. The summed E-state index contributed by atoms with van der Waals surface area (Å²) in [5.41, 5.74) is 1.19. The summed E-state index contributed by atoms with van der Waals surface area (Å²) in [4.78, 5) is 29.9. The average Bonchev–Trinajstić information content (AvgIpc) is 2.63. The Morgan fingerprint density at radius 3 is 3.00 bits per heavy atom. The second-order valence-electron chi connectivity index (χ2n) is 6.61. The van der Waals surface area contributed by atoms with Crippen LogP contribution in [-0.2, 0) is 4.79 Å². The van der Waals surface area contributed by atoms with Gasteiger partial charge in [0.2, 0.25) is 5.91 Å². The number of hydrogen-bond acceptors (Lipinski definition) is 4. The number of aromatic nitrogens is 1. The van der Waals surface area contributed by atoms with E-state index in [1.165, 1.54) is 38.2 Å². The molecule has 1 atom stereocenters. The second-order valence-corrected chi connectivity index (χ2v) is 6.61. The number of nitrogens with one attached hydrogen (secondary N) is 2. The van der Waals surface area contributed by atoms with Gasteiger partial charge >= 0.3 is 0 Å². The Hall–Kier alpha value is -2.21. The van der Waals surface area contributed by atoms with Crippen molar-refractivity contribution in [2.45, 2.75) is 26.2 Å². The molecule has 2 N–H and O–H groups in total. The van der Waals surface area contributed by atoms with Crippen LogP contribution in [0.2, 0.25) is 0 Å². The number of amides is 2. The first kappa shape index (κ1) is 19.1. The molecular formula is C19H28N4O2. The highest BCUT2D eigenvalue weighted by Gasteiger charge is 2.15. The fraction of sp³-hybridized carbons (Fsp3) is 0.526. The largest absolute Gasteiger partial charge is 0.355 e. The average molecular weight is 344 g/mol. The summed E-state index contributed by atoms with van der Waals surface area (Å²) < 4.78 is 0. The molecule has 0 aliphatic carbocycles. The van der Waals surface area contributed by atoms with Crippen molar-refractivity contribution in [2.75, 3.05) is 33.2 Å². The molecule has 0 spiro atoms. The fourth-order valence-electron chi connectivity index (χ4n) is 3.05. The fourth-order valence-corrected chi connectivity index (χ4v) is 3.05. The van der Waals surface area contributed by atoms with Crippen molar-refractivity contribution in [3.05, 3.63) is 35.7 Å². The first-order valence-electron chi connectivity index (χ1n) is 8.94. The van der Waals surface area contributed by atoms with Gasteiger partial charge in [0.1, 0.15) is 0 Å². The molecule has 0 aromatic carbocycles. The van der Waals surface area contributed by atoms with Gasteiger partial charge in [0.25, 0.3) is 5.91 Å². The molecule has 25 heavy (non-hydrogen) atoms. The topological polar surface area (TPSA) is 74.3 Å². The lowest BCUT2D eigenvalue weighted by molar-refractivity contribution is -0.116. The molecule has 1 aliphatic rings. The second kappa shape index (κ2) is 9.93. The molecule has 6 nitrogen and oxygen atoms in total. The lowest BCUT2D eigenvalue weighted by Gasteiger charge is -2.30. The van der Waals surface area contributed by atoms with E-state index in [1.54, 1.807) is 25.4 Å². The van der Waals surface area contributed by atoms with E-state index in [4.69, 9.17) is 0 Å². The summed E-state index contributed by atoms with van der Waals surface area (Å²) in [6.07, 6.45) is 9.83. The first-order valence-corrected chi connectivity index (χ1v) is 8.94. The van der Waals surface area contributed by atoms with Crippen LogP contribution in [0.1, 0.15) is 42.1 Å². The highest BCUT2D eigenvalue weighted by atomic mass is 16.2. The van der Waals surface area contributed by atoms with Gasteiger partial charge < -0.3 is 15.5 Å². The number of carbonyl (C=O) groups excluding carboxylic acids is 2. The van der Waals surface area contributed by atoms with Crippen LogP contribution in [0.3, 0.4) is 0 Å². The van der Waals surface area contributed by atoms with E-state index in [2.05, 4.69) is 27.4 Å². The third-order valence-electron chi connectivity index (χ3n) is 4.37. The third kappa shape index (κ3) is 6.66. The van der Waals surface area contributed by atoms with Crippen LogP contribution in [0.15, 0.2) is 24.5 Å². The number of piperidine rings is 1. The van der Waals surface area contributed by atoms with Crippen LogP contribution in [0, 0.1) is 5.92 Å². The van der Waals surface area contributed by atoms with Crippen molar-refractivity contribution in [1.29, 1.82) is 0 Å². The van der Waals surface area contributed by atoms with Gasteiger partial charge in [-0.1, -0.05) is 6.92 Å². The predicted molar refractivity (Wildman–Crippen MR) is 99.1 cm³/mol. The van der Waals surface area contributed by atoms with Crippen molar-refractivity contribution in [3.8, 4) is 0 Å². The third-order valence-corrected chi connectivity index (χ3v) is 4.37. The molecule has 2 rings (SSSR count). The number of pyridine rings is 1. The highest BCUT2D eigenvalue weighted by Crippen LogP contribution is 2.15. The number of carbonyl (C=O) groups is 2. The maximum Gasteiger partial charge on any atom is 0.252 e. The van der Waals surface area contributed by atoms with E-state index in [0.717, 1.165) is 24.4 Å². The number of hydrogen-bond donors (Lipinski definition) is 2. The number of nitrogens with zero attached hydrogens (tertiary/aromatic N) is 2. The Morgan fingerprint density at radius 2 is 2.24 bits per heavy atom. The summed E-state index contributed by atoms with van der Waals surface area (Å²) in [5, 5.41) is 5.45. The molecule has 1 fully saturated rings. The van der Waals surface area contributed by atoms with Crippen LogP contribution in [-0.4, -0.2) is 54.9 Å². The Morgan fingerprint density at radius 1 is 1.40 bits per heavy atom. The molecule has 1 aliphatic heterocycles. The summed E-state index contributed by atoms with van der Waals surface area (Å²) in [6, 6.07) is 1.70. The summed E-state index contributed by atoms with van der Waals surface area (Å²) in [7, 11) is 1.57. The summed E-state index contributed by atoms with van der Waals surface area (Å²) >= 11 is 0. The molecule has 2 heterocycles. The van der Waals surface area contributed by atoms with Gasteiger partial charge in [0.15, 0.2) is 0 Å². The molecule has 1 aromatic rings. The zero-order valence-electron chi connectivity index (χ0n) is 15.1. The van der Waals surface area contributed by atoms with E-state index in [1.807, 2.05) is 0 Å². The molecule has 0 bridgehead atoms. The summed E-state index contributed by atoms with van der Waals surface area (Å²) in [6.45, 7) is 6.35. The number of likely N-dealkylation sites (tertiary alicyclic amines) is 1. The van der Waals surface area contributed by atoms with E-state index in [-0.39, 0.29) is 11.8 Å². The van der Waals surface area contributed by atoms with E-state index < -0.39 is 0 Å². The monoisotopic (exact) mass is 344 g/mol. The minimum absolute atomic E-state index is 0.127. The van der Waals surface area contributed by atoms with Crippen molar-refractivity contribution in [3.63, 3.8) is 0 Å². The van der Waals surface area contributed by atoms with Gasteiger partial charge in [-0.2, -0.15) is 0 Å². The molecule has 6 heteroatoms. The smallest absolute Gasteiger partial charge is 0.252 e. The van der Waals surface area contributed by atoms with Gasteiger partial charge in [0, 0.05) is 38.6 Å². The lowest BCUT2D eigenvalue weighted by atomic mass is 10.0. The van der Waals surface area contributed by atoms with Crippen LogP contribution in [0.5, 0.6) is 0 Å². The highest BCUT2D eigenvalue weighted by molar-refractivity contribution is 5.95. The Bertz CT molecular complexity index is 615. The standard InChI is InChI=1S/C19H28N4O2/c1-15-5-3-9-23(14-15)10-4-8-22-18(24)7-6-16-11-17(13-21-12-16)19(25)20-2/h6-7,11-13,15H,3-5,8-10,14H2,1-2H3,(H,20,25)(H,22,24). The Kier molecular flexibility index (Phi) is 7.60. The van der Waals surface area contributed by atoms with Crippen LogP contribution in [0.4, 0.5) is 0 Å². The van der Waals surface area contributed by atoms with E-state index in [9.17, 15) is 9.59 Å². The van der Waals surface area contributed by atoms with Crippen molar-refractivity contribution in [2.24, 2.45) is 5.92 Å². The number of rotatable bonds is 7. The van der Waals surface area contributed by atoms with Gasteiger partial charge in [-0.3, -0.25) is 14.6 Å². The van der Waals surface area contributed by atoms with Gasteiger partial charge in [0.05, 0.1) is 5.56 Å². The molecule has 1 saturated heterocycles. The SMILES string of the molecule is CNC(=O)c1cncc(C=CC(=O)NCCCN2CCCC(C)C2)c1. The molecule has 0 radical (unpaired) electrons. The Labute approximate surface area is 149 Å². The normalized spacial score (nSPS) is 18.2. The maximum atomic E-state index is 11.9. The lowest BCUT2D eigenvalue weighted by Crippen LogP contribution is -2.36. The van der Waals surface area contributed by atoms with Gasteiger partial charge in [-0.15, -0.1) is 0 Å². The molecule has 0 saturated carbocycles. The van der Waals surface area contributed by atoms with Gasteiger partial charge in [-0.05, 0) is 56.0 Å². The van der Waals surface area contributed by atoms with Gasteiger partial charge in [-0.25, -0.2) is 0 Å². The van der Waals surface area contributed by atoms with Crippen LogP contribution >= 0.6 is 0 Å². The molecule has 2 amide bonds. The van der Waals surface area contributed by atoms with Crippen molar-refractivity contribution >= 4 is 17.9 Å². The van der Waals surface area contributed by atoms with Crippen LogP contribution in [0.25, 0.3) is 6.08 Å². The first-order chi connectivity index (χ1) is 12.1. The molecule has 1 aromatic heterocycles. The van der Waals surface area contributed by atoms with Crippen molar-refractivity contribution < 1.29 is 9.59 Å². The minimum Gasteiger partial charge on any atom is -0.355 e. The molecule has 1 unspecified atom stereocenters. The summed E-state index contributed by atoms with van der Waals surface area (Å²) in [5.74, 6) is 0.460. The van der Waals surface area contributed by atoms with Crippen molar-refractivity contribution in [1.82, 2.24) is 20.5 Å². The molecular weight excluding hydrogens is 316 g/mol. The quantitative estimate of drug-likeness (QED) is 0.583. The predicted octanol–water partition coefficient (Wildman–Crippen LogP) is 1.69. The zero-order chi connectivity index (χ0) is 18.1. The van der Waals surface area contributed by atoms with Crippen LogP contribution < -0.4 is 10.6 Å². The zero-order valence-corrected chi connectivity index (χ0v) is 15.1. The van der Waals surface area contributed by atoms with E-state index in [0.29, 0.717) is 12.1 Å². The maximum absolute atomic E-state index is 11.9. The minimum atomic E-state index is -0.195. The van der Waals surface area contributed by atoms with E-state index >= 15 is 0 Å².